The van der Waals surface area contributed by atoms with Crippen molar-refractivity contribution in [2.45, 2.75) is 76.4 Å². The summed E-state index contributed by atoms with van der Waals surface area (Å²) >= 11 is 26.1. The fraction of sp³-hybridized carbons (Fsp3) is 0.421. The minimum Gasteiger partial charge on any atom is -0.485 e. The van der Waals surface area contributed by atoms with Gasteiger partial charge in [-0.3, -0.25) is 9.59 Å². The van der Waals surface area contributed by atoms with Crippen molar-refractivity contribution in [2.75, 3.05) is 31.1 Å². The minimum absolute atomic E-state index is 0.0630. The van der Waals surface area contributed by atoms with E-state index in [9.17, 15) is 9.59 Å². The van der Waals surface area contributed by atoms with Gasteiger partial charge in [-0.05, 0) is 78.8 Å². The summed E-state index contributed by atoms with van der Waals surface area (Å²) in [7, 11) is 0. The molecule has 264 valence electrons. The lowest BCUT2D eigenvalue weighted by Crippen LogP contribution is -2.60. The lowest BCUT2D eigenvalue weighted by atomic mass is 9.83. The first kappa shape index (κ1) is 35.4. The van der Waals surface area contributed by atoms with Gasteiger partial charge in [0.2, 0.25) is 0 Å². The monoisotopic (exact) mass is 756 g/mol. The molecule has 3 heterocycles. The topological polar surface area (TPSA) is 83.1 Å². The molecule has 1 aliphatic carbocycles. The number of esters is 1. The van der Waals surface area contributed by atoms with Crippen LogP contribution in [0.5, 0.6) is 5.75 Å². The maximum absolute atomic E-state index is 14.5. The second-order valence-corrected chi connectivity index (χ2v) is 15.2. The highest BCUT2D eigenvalue weighted by Gasteiger charge is 2.41. The summed E-state index contributed by atoms with van der Waals surface area (Å²) in [6.07, 6.45) is 2.96. The Labute approximate surface area is 313 Å². The third-order valence-electron chi connectivity index (χ3n) is 9.99. The molecule has 3 aliphatic heterocycles. The molecule has 3 aromatic rings. The van der Waals surface area contributed by atoms with Gasteiger partial charge in [-0.25, -0.2) is 0 Å². The zero-order valence-electron chi connectivity index (χ0n) is 28.0. The van der Waals surface area contributed by atoms with Crippen LogP contribution in [0.4, 0.5) is 5.69 Å². The fourth-order valence-electron chi connectivity index (χ4n) is 7.34. The van der Waals surface area contributed by atoms with Crippen LogP contribution < -0.4 is 20.3 Å². The predicted octanol–water partition coefficient (Wildman–Crippen LogP) is 7.86. The molecule has 1 saturated carbocycles. The lowest BCUT2D eigenvalue weighted by Gasteiger charge is -2.41. The van der Waals surface area contributed by atoms with E-state index >= 15 is 0 Å². The van der Waals surface area contributed by atoms with E-state index in [0.29, 0.717) is 51.0 Å². The third kappa shape index (κ3) is 7.62. The average molecular weight is 759 g/mol. The number of rotatable bonds is 10. The van der Waals surface area contributed by atoms with Gasteiger partial charge in [-0.15, -0.1) is 0 Å². The van der Waals surface area contributed by atoms with E-state index in [4.69, 9.17) is 55.9 Å². The third-order valence-corrected chi connectivity index (χ3v) is 11.4. The van der Waals surface area contributed by atoms with Crippen LogP contribution in [-0.4, -0.2) is 67.2 Å². The Morgan fingerprint density at radius 2 is 1.72 bits per heavy atom. The zero-order chi connectivity index (χ0) is 35.1. The molecule has 2 bridgehead atoms. The maximum atomic E-state index is 14.5. The zero-order valence-corrected chi connectivity index (χ0v) is 31.0. The maximum Gasteiger partial charge on any atom is 0.303 e. The van der Waals surface area contributed by atoms with Gasteiger partial charge in [0.15, 0.2) is 5.75 Å². The molecule has 3 aromatic carbocycles. The van der Waals surface area contributed by atoms with Crippen molar-refractivity contribution in [1.29, 1.82) is 0 Å². The average Bonchev–Trinajstić information content (AvgIpc) is 3.82. The van der Waals surface area contributed by atoms with Gasteiger partial charge < -0.3 is 29.9 Å². The first-order valence-electron chi connectivity index (χ1n) is 17.2. The van der Waals surface area contributed by atoms with Crippen molar-refractivity contribution in [3.63, 3.8) is 0 Å². The van der Waals surface area contributed by atoms with Gasteiger partial charge >= 0.3 is 5.97 Å². The number of nitrogens with zero attached hydrogens (tertiary/aromatic N) is 2. The number of anilines is 1. The van der Waals surface area contributed by atoms with Crippen molar-refractivity contribution in [3.8, 4) is 5.75 Å². The van der Waals surface area contributed by atoms with Gasteiger partial charge in [0.1, 0.15) is 12.2 Å². The Hall–Kier alpha value is -2.98. The molecule has 8 nitrogen and oxygen atoms in total. The van der Waals surface area contributed by atoms with E-state index in [1.807, 2.05) is 17.0 Å². The molecule has 0 spiro atoms. The number of piperazine rings is 1. The Kier molecular flexibility index (Phi) is 10.6. The molecule has 0 radical (unpaired) electrons. The summed E-state index contributed by atoms with van der Waals surface area (Å²) in [5, 5.41) is 8.99. The molecular weight excluding hydrogens is 718 g/mol. The summed E-state index contributed by atoms with van der Waals surface area (Å²) in [6, 6.07) is 18.0. The van der Waals surface area contributed by atoms with Crippen LogP contribution in [-0.2, 0) is 20.9 Å². The highest BCUT2D eigenvalue weighted by molar-refractivity contribution is 6.42. The number of hydrogen-bond acceptors (Lipinski definition) is 7. The Balaban J connectivity index is 1.09. The van der Waals surface area contributed by atoms with E-state index < -0.39 is 6.10 Å². The van der Waals surface area contributed by atoms with E-state index in [0.717, 1.165) is 66.7 Å². The number of carbonyl (C=O) groups excluding carboxylic acids is 2. The van der Waals surface area contributed by atoms with Crippen LogP contribution >= 0.6 is 46.4 Å². The summed E-state index contributed by atoms with van der Waals surface area (Å²) < 4.78 is 11.6. The van der Waals surface area contributed by atoms with Crippen molar-refractivity contribution < 1.29 is 19.1 Å². The number of halogens is 4. The second-order valence-electron chi connectivity index (χ2n) is 13.6. The first-order valence-corrected chi connectivity index (χ1v) is 18.7. The van der Waals surface area contributed by atoms with E-state index in [2.05, 4.69) is 39.8 Å². The fourth-order valence-corrected chi connectivity index (χ4v) is 8.32. The highest BCUT2D eigenvalue weighted by Crippen LogP contribution is 2.40. The summed E-state index contributed by atoms with van der Waals surface area (Å²) in [5.74, 6) is 0.122. The SMILES string of the molecule is CC(=O)O[C@H](C)c1cc(Cl)c(O[C@@H]2CCN(c3ccc(C4=C(C(=O)N(Cc5cccc(Cl)c5Cl)C5CC5)[C@H]5CNC[C@@H](C4)N5)cc3)C2)c(Cl)c1. The van der Waals surface area contributed by atoms with Crippen LogP contribution in [0, 0.1) is 0 Å². The number of hydrogen-bond donors (Lipinski definition) is 2. The quantitative estimate of drug-likeness (QED) is 0.204. The molecular formula is C38H40Cl4N4O4. The normalized spacial score (nSPS) is 22.4. The molecule has 7 rings (SSSR count). The largest absolute Gasteiger partial charge is 0.485 e. The molecule has 4 atom stereocenters. The molecule has 0 unspecified atom stereocenters. The lowest BCUT2D eigenvalue weighted by molar-refractivity contribution is -0.145. The van der Waals surface area contributed by atoms with Gasteiger partial charge in [-0.1, -0.05) is 70.7 Å². The van der Waals surface area contributed by atoms with Gasteiger partial charge in [0, 0.05) is 62.9 Å². The number of nitrogens with one attached hydrogen (secondary N) is 2. The Morgan fingerprint density at radius 1 is 0.980 bits per heavy atom. The summed E-state index contributed by atoms with van der Waals surface area (Å²) in [6.45, 7) is 6.62. The molecule has 0 aromatic heterocycles. The first-order chi connectivity index (χ1) is 24.0. The standard InChI is InChI=1S/C38H40Cl4N4O4/c1-21(49-22(2)47)25-14-32(40)37(33(41)15-25)50-29-12-13-45(20-29)27-8-6-23(7-9-27)30-16-26-17-43-18-34(44-26)35(30)38(48)46(28-10-11-28)19-24-4-3-5-31(39)36(24)42/h3-9,14-15,21,26,28-29,34,43-44H,10-13,16-20H2,1-2H3/t21-,26-,29-,34-/m1/s1. The van der Waals surface area contributed by atoms with E-state index in [-0.39, 0.29) is 36.1 Å². The van der Waals surface area contributed by atoms with Crippen LogP contribution in [0.2, 0.25) is 20.1 Å². The van der Waals surface area contributed by atoms with Crippen LogP contribution in [0.25, 0.3) is 5.57 Å². The molecule has 50 heavy (non-hydrogen) atoms. The van der Waals surface area contributed by atoms with Crippen LogP contribution in [0.1, 0.15) is 62.3 Å². The molecule has 1 amide bonds. The van der Waals surface area contributed by atoms with Gasteiger partial charge in [-0.2, -0.15) is 0 Å². The van der Waals surface area contributed by atoms with Gasteiger partial charge in [0.25, 0.3) is 5.91 Å². The molecule has 4 aliphatic rings. The number of carbonyl (C=O) groups is 2. The van der Waals surface area contributed by atoms with Crippen molar-refractivity contribution in [1.82, 2.24) is 15.5 Å². The molecule has 12 heteroatoms. The summed E-state index contributed by atoms with van der Waals surface area (Å²) in [5.41, 5.74) is 5.66. The van der Waals surface area contributed by atoms with Crippen LogP contribution in [0.15, 0.2) is 60.2 Å². The van der Waals surface area contributed by atoms with E-state index in [1.165, 1.54) is 6.92 Å². The highest BCUT2D eigenvalue weighted by atomic mass is 35.5. The van der Waals surface area contributed by atoms with Crippen molar-refractivity contribution in [3.05, 3.63) is 97.0 Å². The Bertz CT molecular complexity index is 1790. The molecule has 2 saturated heterocycles. The number of fused-ring (bicyclic) bond motifs is 2. The second kappa shape index (κ2) is 14.9. The number of ether oxygens (including phenoxy) is 2. The van der Waals surface area contributed by atoms with E-state index in [1.54, 1.807) is 25.1 Å². The van der Waals surface area contributed by atoms with Crippen molar-refractivity contribution in [2.24, 2.45) is 0 Å². The minimum atomic E-state index is -0.474. The number of amides is 1. The van der Waals surface area contributed by atoms with Crippen molar-refractivity contribution >= 4 is 69.5 Å². The van der Waals surface area contributed by atoms with Gasteiger partial charge in [0.05, 0.1) is 32.7 Å². The number of benzene rings is 3. The molecule has 2 N–H and O–H groups in total. The Morgan fingerprint density at radius 3 is 2.42 bits per heavy atom. The predicted molar refractivity (Wildman–Crippen MR) is 199 cm³/mol. The molecule has 3 fully saturated rings. The van der Waals surface area contributed by atoms with Crippen LogP contribution in [0.3, 0.4) is 0 Å². The smallest absolute Gasteiger partial charge is 0.303 e. The summed E-state index contributed by atoms with van der Waals surface area (Å²) in [4.78, 5) is 30.2.